The third-order valence-corrected chi connectivity index (χ3v) is 2.80. The van der Waals surface area contributed by atoms with Gasteiger partial charge in [-0.25, -0.2) is 0 Å². The van der Waals surface area contributed by atoms with E-state index in [2.05, 4.69) is 21.6 Å². The number of rotatable bonds is 3. The van der Waals surface area contributed by atoms with Gasteiger partial charge in [0.15, 0.2) is 11.5 Å². The Labute approximate surface area is 122 Å². The Hall–Kier alpha value is -2.28. The summed E-state index contributed by atoms with van der Waals surface area (Å²) in [7, 11) is 0. The second-order valence-corrected chi connectivity index (χ2v) is 4.37. The van der Waals surface area contributed by atoms with E-state index in [9.17, 15) is 18.0 Å². The fraction of sp³-hybridized carbons (Fsp3) is 0.0769. The van der Waals surface area contributed by atoms with Crippen LogP contribution < -0.4 is 5.32 Å². The number of anilines is 1. The Balaban J connectivity index is 2.31. The van der Waals surface area contributed by atoms with Gasteiger partial charge in [-0.3, -0.25) is 4.79 Å². The van der Waals surface area contributed by atoms with Gasteiger partial charge >= 0.3 is 6.18 Å². The van der Waals surface area contributed by atoms with Crippen molar-refractivity contribution in [3.05, 3.63) is 47.6 Å². The normalized spacial score (nSPS) is 11.2. The standard InChI is InChI=1S/C13H8ClF3N2O2/c1-2-12(20)18-7-3-4-8(9(14)5-7)10-6-11(19-21-10)13(15,16)17/h2-6H,1H2,(H,18,20). The Kier molecular flexibility index (Phi) is 4.04. The molecule has 0 aliphatic carbocycles. The monoisotopic (exact) mass is 316 g/mol. The maximum atomic E-state index is 12.5. The van der Waals surface area contributed by atoms with Gasteiger partial charge in [-0.1, -0.05) is 23.3 Å². The van der Waals surface area contributed by atoms with Crippen LogP contribution in [0.3, 0.4) is 0 Å². The number of aromatic nitrogens is 1. The second kappa shape index (κ2) is 5.61. The maximum absolute atomic E-state index is 12.5. The first-order valence-electron chi connectivity index (χ1n) is 5.58. The lowest BCUT2D eigenvalue weighted by Gasteiger charge is -2.05. The number of halogens is 4. The van der Waals surface area contributed by atoms with Gasteiger partial charge in [0.25, 0.3) is 0 Å². The second-order valence-electron chi connectivity index (χ2n) is 3.96. The van der Waals surface area contributed by atoms with Crippen LogP contribution in [-0.4, -0.2) is 11.1 Å². The maximum Gasteiger partial charge on any atom is 0.436 e. The molecular weight excluding hydrogens is 309 g/mol. The molecule has 110 valence electrons. The third-order valence-electron chi connectivity index (χ3n) is 2.49. The minimum Gasteiger partial charge on any atom is -0.356 e. The molecule has 0 spiro atoms. The van der Waals surface area contributed by atoms with Crippen molar-refractivity contribution in [2.45, 2.75) is 6.18 Å². The largest absolute Gasteiger partial charge is 0.436 e. The first-order chi connectivity index (χ1) is 9.81. The summed E-state index contributed by atoms with van der Waals surface area (Å²) in [6.07, 6.45) is -3.51. The lowest BCUT2D eigenvalue weighted by Crippen LogP contribution is -2.07. The highest BCUT2D eigenvalue weighted by atomic mass is 35.5. The van der Waals surface area contributed by atoms with Gasteiger partial charge in [0, 0.05) is 17.3 Å². The molecule has 0 fully saturated rings. The number of carbonyl (C=O) groups excluding carboxylic acids is 1. The molecule has 1 aromatic heterocycles. The van der Waals surface area contributed by atoms with Crippen LogP contribution in [0, 0.1) is 0 Å². The number of benzene rings is 1. The van der Waals surface area contributed by atoms with Crippen LogP contribution >= 0.6 is 11.6 Å². The van der Waals surface area contributed by atoms with Crippen LogP contribution in [0.5, 0.6) is 0 Å². The van der Waals surface area contributed by atoms with E-state index >= 15 is 0 Å². The van der Waals surface area contributed by atoms with Crippen molar-refractivity contribution < 1.29 is 22.5 Å². The molecule has 0 unspecified atom stereocenters. The van der Waals surface area contributed by atoms with E-state index in [-0.39, 0.29) is 16.3 Å². The van der Waals surface area contributed by atoms with Gasteiger partial charge in [0.1, 0.15) is 0 Å². The van der Waals surface area contributed by atoms with Gasteiger partial charge in [-0.15, -0.1) is 0 Å². The summed E-state index contributed by atoms with van der Waals surface area (Å²) in [6, 6.07) is 5.03. The summed E-state index contributed by atoms with van der Waals surface area (Å²) in [6.45, 7) is 3.30. The summed E-state index contributed by atoms with van der Waals surface area (Å²) in [5.41, 5.74) is -0.530. The molecule has 0 aliphatic rings. The highest BCUT2D eigenvalue weighted by Crippen LogP contribution is 2.35. The van der Waals surface area contributed by atoms with Crippen molar-refractivity contribution in [2.24, 2.45) is 0 Å². The molecule has 21 heavy (non-hydrogen) atoms. The van der Waals surface area contributed by atoms with Crippen LogP contribution in [0.2, 0.25) is 5.02 Å². The summed E-state index contributed by atoms with van der Waals surface area (Å²) in [4.78, 5) is 11.1. The highest BCUT2D eigenvalue weighted by Gasteiger charge is 2.35. The number of alkyl halides is 3. The Morgan fingerprint density at radius 1 is 1.38 bits per heavy atom. The Morgan fingerprint density at radius 2 is 2.10 bits per heavy atom. The summed E-state index contributed by atoms with van der Waals surface area (Å²) < 4.78 is 42.0. The smallest absolute Gasteiger partial charge is 0.356 e. The Bertz CT molecular complexity index is 695. The predicted molar refractivity (Wildman–Crippen MR) is 70.8 cm³/mol. The first-order valence-corrected chi connectivity index (χ1v) is 5.96. The van der Waals surface area contributed by atoms with Gasteiger partial charge in [0.2, 0.25) is 5.91 Å². The fourth-order valence-electron chi connectivity index (χ4n) is 1.52. The summed E-state index contributed by atoms with van der Waals surface area (Å²) in [5.74, 6) is -0.549. The molecule has 1 heterocycles. The molecule has 0 radical (unpaired) electrons. The molecule has 0 aliphatic heterocycles. The summed E-state index contributed by atoms with van der Waals surface area (Å²) >= 11 is 5.97. The highest BCUT2D eigenvalue weighted by molar-refractivity contribution is 6.33. The van der Waals surface area contributed by atoms with Crippen molar-refractivity contribution in [1.82, 2.24) is 5.16 Å². The third kappa shape index (κ3) is 3.43. The molecule has 2 rings (SSSR count). The lowest BCUT2D eigenvalue weighted by molar-refractivity contribution is -0.142. The van der Waals surface area contributed by atoms with E-state index in [1.807, 2.05) is 0 Å². The molecule has 4 nitrogen and oxygen atoms in total. The van der Waals surface area contributed by atoms with Crippen LogP contribution in [-0.2, 0) is 11.0 Å². The zero-order valence-corrected chi connectivity index (χ0v) is 11.1. The van der Waals surface area contributed by atoms with Crippen LogP contribution in [0.25, 0.3) is 11.3 Å². The van der Waals surface area contributed by atoms with Crippen molar-refractivity contribution in [2.75, 3.05) is 5.32 Å². The molecule has 8 heteroatoms. The molecule has 0 bridgehead atoms. The van der Waals surface area contributed by atoms with Crippen LogP contribution in [0.4, 0.5) is 18.9 Å². The van der Waals surface area contributed by atoms with Crippen molar-refractivity contribution >= 4 is 23.2 Å². The quantitative estimate of drug-likeness (QED) is 0.866. The van der Waals surface area contributed by atoms with E-state index in [0.717, 1.165) is 12.1 Å². The zero-order chi connectivity index (χ0) is 15.6. The molecule has 1 aromatic carbocycles. The predicted octanol–water partition coefficient (Wildman–Crippen LogP) is 4.14. The van der Waals surface area contributed by atoms with E-state index in [1.54, 1.807) is 0 Å². The molecule has 0 atom stereocenters. The first kappa shape index (κ1) is 15.1. The van der Waals surface area contributed by atoms with E-state index in [0.29, 0.717) is 5.69 Å². The Morgan fingerprint density at radius 3 is 2.62 bits per heavy atom. The average Bonchev–Trinajstić information content (AvgIpc) is 2.88. The van der Waals surface area contributed by atoms with Gasteiger partial charge in [-0.2, -0.15) is 13.2 Å². The van der Waals surface area contributed by atoms with Gasteiger partial charge in [-0.05, 0) is 24.3 Å². The van der Waals surface area contributed by atoms with Crippen LogP contribution in [0.15, 0.2) is 41.4 Å². The lowest BCUT2D eigenvalue weighted by atomic mass is 10.1. The average molecular weight is 317 g/mol. The minimum absolute atomic E-state index is 0.113. The van der Waals surface area contributed by atoms with E-state index in [1.165, 1.54) is 18.2 Å². The number of amides is 1. The molecule has 2 aromatic rings. The molecule has 0 saturated carbocycles. The molecular formula is C13H8ClF3N2O2. The number of hydrogen-bond acceptors (Lipinski definition) is 3. The van der Waals surface area contributed by atoms with Crippen molar-refractivity contribution in [3.8, 4) is 11.3 Å². The SMILES string of the molecule is C=CC(=O)Nc1ccc(-c2cc(C(F)(F)F)no2)c(Cl)c1. The van der Waals surface area contributed by atoms with E-state index < -0.39 is 17.8 Å². The van der Waals surface area contributed by atoms with Gasteiger partial charge in [0.05, 0.1) is 5.02 Å². The minimum atomic E-state index is -4.59. The van der Waals surface area contributed by atoms with E-state index in [4.69, 9.17) is 11.6 Å². The van der Waals surface area contributed by atoms with Crippen LogP contribution in [0.1, 0.15) is 5.69 Å². The van der Waals surface area contributed by atoms with Crippen molar-refractivity contribution in [3.63, 3.8) is 0 Å². The number of hydrogen-bond donors (Lipinski definition) is 1. The van der Waals surface area contributed by atoms with Crippen molar-refractivity contribution in [1.29, 1.82) is 0 Å². The number of nitrogens with one attached hydrogen (secondary N) is 1. The zero-order valence-electron chi connectivity index (χ0n) is 10.4. The molecule has 1 amide bonds. The molecule has 1 N–H and O–H groups in total. The molecule has 0 saturated heterocycles. The number of nitrogens with zero attached hydrogens (tertiary/aromatic N) is 1. The topological polar surface area (TPSA) is 55.1 Å². The number of carbonyl (C=O) groups is 1. The summed E-state index contributed by atoms with van der Waals surface area (Å²) in [5, 5.41) is 5.53. The fourth-order valence-corrected chi connectivity index (χ4v) is 1.80. The van der Waals surface area contributed by atoms with Gasteiger partial charge < -0.3 is 9.84 Å².